The van der Waals surface area contributed by atoms with E-state index >= 15 is 0 Å². The molecule has 0 saturated carbocycles. The third-order valence-corrected chi connectivity index (χ3v) is 7.79. The maximum absolute atomic E-state index is 10.2. The van der Waals surface area contributed by atoms with Crippen LogP contribution in [0.3, 0.4) is 0 Å². The first-order chi connectivity index (χ1) is 29.4. The Labute approximate surface area is 372 Å². The van der Waals surface area contributed by atoms with Gasteiger partial charge in [0.25, 0.3) is 30.5 Å². The lowest BCUT2D eigenvalue weighted by Gasteiger charge is -2.13. The van der Waals surface area contributed by atoms with Crippen molar-refractivity contribution in [3.63, 3.8) is 0 Å². The molecule has 0 aliphatic rings. The van der Waals surface area contributed by atoms with Crippen LogP contribution in [0.25, 0.3) is 0 Å². The third-order valence-electron chi connectivity index (χ3n) is 7.79. The molecule has 63 heavy (non-hydrogen) atoms. The number of unbranched alkanes of at least 4 members (excludes halogenated alkanes) is 5. The summed E-state index contributed by atoms with van der Waals surface area (Å²) in [5.74, 6) is 3.19. The summed E-state index contributed by atoms with van der Waals surface area (Å²) in [6.45, 7) is 22.4. The first kappa shape index (κ1) is 67.2. The predicted molar refractivity (Wildman–Crippen MR) is 231 cm³/mol. The molecular weight excluding hydrogens is 844 g/mol. The third kappa shape index (κ3) is 85.3. The molecular formula is C38H80N6O19. The minimum absolute atomic E-state index is 0.0189. The highest BCUT2D eigenvalue weighted by atomic mass is 17.0. The highest BCUT2D eigenvalue weighted by Crippen LogP contribution is 2.12. The maximum Gasteiger partial charge on any atom is 0.294 e. The van der Waals surface area contributed by atoms with Crippen LogP contribution in [-0.2, 0) is 33.8 Å². The van der Waals surface area contributed by atoms with Crippen molar-refractivity contribution in [3.8, 4) is 0 Å². The van der Waals surface area contributed by atoms with E-state index in [4.69, 9.17) is 4.74 Å². The first-order valence-corrected chi connectivity index (χ1v) is 21.7. The van der Waals surface area contributed by atoms with Crippen molar-refractivity contribution in [1.82, 2.24) is 0 Å². The van der Waals surface area contributed by atoms with Crippen molar-refractivity contribution in [3.05, 3.63) is 60.7 Å². The number of nitrogens with zero attached hydrogens (tertiary/aromatic N) is 6. The molecule has 0 aliphatic carbocycles. The molecule has 1 unspecified atom stereocenters. The van der Waals surface area contributed by atoms with Gasteiger partial charge >= 0.3 is 0 Å². The van der Waals surface area contributed by atoms with Crippen molar-refractivity contribution >= 4 is 0 Å². The fourth-order valence-corrected chi connectivity index (χ4v) is 4.52. The zero-order valence-corrected chi connectivity index (χ0v) is 39.5. The first-order valence-electron chi connectivity index (χ1n) is 21.7. The van der Waals surface area contributed by atoms with Gasteiger partial charge in [-0.25, -0.2) is 0 Å². The van der Waals surface area contributed by atoms with Gasteiger partial charge in [0.1, 0.15) is 19.3 Å². The second-order valence-corrected chi connectivity index (χ2v) is 16.2. The van der Waals surface area contributed by atoms with Gasteiger partial charge in [-0.1, -0.05) is 127 Å². The van der Waals surface area contributed by atoms with Crippen molar-refractivity contribution < 1.29 is 64.3 Å². The lowest BCUT2D eigenvalue weighted by molar-refractivity contribution is -0.790. The van der Waals surface area contributed by atoms with Gasteiger partial charge in [0.15, 0.2) is 0 Å². The fraction of sp³-hybridized carbons (Fsp3) is 1.00. The summed E-state index contributed by atoms with van der Waals surface area (Å²) in [6, 6.07) is 0. The topological polar surface area (TPSA) is 323 Å². The van der Waals surface area contributed by atoms with E-state index in [9.17, 15) is 60.7 Å². The van der Waals surface area contributed by atoms with E-state index in [1.165, 1.54) is 12.8 Å². The highest BCUT2D eigenvalue weighted by molar-refractivity contribution is 4.56. The molecule has 0 saturated heterocycles. The SMILES string of the molecule is CC(C)CCCCC(CO[N+](=O)[O-])O[N+](=O)[O-].CC(C)CCCCCCO[N+](=O)[O-].CC(C)CCCCO[N+](=O)[O-].CC(C)CCCO[N+](=O)[O-].CC(C)CCOCCO[N+](=O)[O-]. The minimum Gasteiger partial charge on any atom is -0.379 e. The predicted octanol–water partition coefficient (Wildman–Crippen LogP) is 9.70. The summed E-state index contributed by atoms with van der Waals surface area (Å²) < 4.78 is 5.07. The molecule has 0 rings (SSSR count). The average molecular weight is 925 g/mol. The van der Waals surface area contributed by atoms with Gasteiger partial charge in [0, 0.05) is 6.61 Å². The fourth-order valence-electron chi connectivity index (χ4n) is 4.52. The summed E-state index contributed by atoms with van der Waals surface area (Å²) in [5.41, 5.74) is 0. The number of ether oxygens (including phenoxy) is 1. The van der Waals surface area contributed by atoms with E-state index in [0.29, 0.717) is 36.7 Å². The molecule has 0 spiro atoms. The molecule has 0 radical (unpaired) electrons. The van der Waals surface area contributed by atoms with Crippen LogP contribution in [-0.4, -0.2) is 82.9 Å². The van der Waals surface area contributed by atoms with Gasteiger partial charge in [-0.2, -0.15) is 0 Å². The van der Waals surface area contributed by atoms with Crippen LogP contribution >= 0.6 is 0 Å². The maximum atomic E-state index is 10.2. The van der Waals surface area contributed by atoms with E-state index in [-0.39, 0.29) is 33.0 Å². The Morgan fingerprint density at radius 2 is 0.635 bits per heavy atom. The van der Waals surface area contributed by atoms with Crippen LogP contribution in [0.1, 0.15) is 166 Å². The van der Waals surface area contributed by atoms with E-state index in [1.807, 2.05) is 0 Å². The van der Waals surface area contributed by atoms with E-state index in [2.05, 4.69) is 98.3 Å². The number of hydrogen-bond donors (Lipinski definition) is 0. The van der Waals surface area contributed by atoms with E-state index < -0.39 is 43.2 Å². The van der Waals surface area contributed by atoms with Gasteiger partial charge in [-0.05, 0) is 68.1 Å². The summed E-state index contributed by atoms with van der Waals surface area (Å²) >= 11 is 0. The van der Waals surface area contributed by atoms with E-state index in [1.54, 1.807) is 0 Å². The van der Waals surface area contributed by atoms with Crippen LogP contribution in [0.4, 0.5) is 0 Å². The van der Waals surface area contributed by atoms with Gasteiger partial charge < -0.3 is 33.8 Å². The molecule has 1 atom stereocenters. The molecule has 0 aliphatic heterocycles. The van der Waals surface area contributed by atoms with Crippen LogP contribution < -0.4 is 0 Å². The second kappa shape index (κ2) is 49.8. The van der Waals surface area contributed by atoms with Crippen LogP contribution in [0, 0.1) is 90.3 Å². The lowest BCUT2D eigenvalue weighted by atomic mass is 10.0. The smallest absolute Gasteiger partial charge is 0.294 e. The van der Waals surface area contributed by atoms with Crippen molar-refractivity contribution in [2.45, 2.75) is 172 Å². The molecule has 0 aromatic carbocycles. The largest absolute Gasteiger partial charge is 0.379 e. The second-order valence-electron chi connectivity index (χ2n) is 16.2. The molecule has 25 heteroatoms. The standard InChI is InChI=1S/C9H18N2O6.C9H19NO3.C7H15NO4.C7H15NO3.C6H13NO3/c1-8(2)5-3-4-6-9(17-11(14)15)7-16-10(12)13;1-9(2)7-5-3-4-6-8-13-10(11)12;1-7(2)3-4-11-5-6-12-8(9)10;1-7(2)5-3-4-6-11-8(9)10;1-6(2)4-3-5-10-7(8)9/h8-9H,3-7H2,1-2H3;9H,3-8H2,1-2H3;7H,3-6H2,1-2H3;7H,3-6H2,1-2H3;6H,3-5H2,1-2H3. The molecule has 0 fully saturated rings. The summed E-state index contributed by atoms with van der Waals surface area (Å²) in [7, 11) is 0. The normalized spacial score (nSPS) is 10.7. The monoisotopic (exact) mass is 925 g/mol. The molecule has 0 aromatic rings. The van der Waals surface area contributed by atoms with E-state index in [0.717, 1.165) is 83.0 Å². The lowest BCUT2D eigenvalue weighted by Crippen LogP contribution is -2.24. The minimum atomic E-state index is -0.982. The molecule has 0 aromatic heterocycles. The zero-order chi connectivity index (χ0) is 49.4. The Balaban J connectivity index is -0.000000225. The van der Waals surface area contributed by atoms with Crippen molar-refractivity contribution in [2.24, 2.45) is 29.6 Å². The van der Waals surface area contributed by atoms with Crippen LogP contribution in [0.5, 0.6) is 0 Å². The summed E-state index contributed by atoms with van der Waals surface area (Å²) in [6.07, 6.45) is 13.2. The quantitative estimate of drug-likeness (QED) is 0.0320. The van der Waals surface area contributed by atoms with Gasteiger partial charge in [-0.3, -0.25) is 0 Å². The van der Waals surface area contributed by atoms with Crippen LogP contribution in [0.15, 0.2) is 0 Å². The Morgan fingerprint density at radius 3 is 1.03 bits per heavy atom. The van der Waals surface area contributed by atoms with Gasteiger partial charge in [-0.15, -0.1) is 60.7 Å². The Morgan fingerprint density at radius 1 is 0.317 bits per heavy atom. The Hall–Kier alpha value is -4.84. The highest BCUT2D eigenvalue weighted by Gasteiger charge is 2.15. The number of rotatable bonds is 36. The summed E-state index contributed by atoms with van der Waals surface area (Å²) in [4.78, 5) is 83.7. The molecule has 0 N–H and O–H groups in total. The summed E-state index contributed by atoms with van der Waals surface area (Å²) in [5, 5.41) is 53.9. The van der Waals surface area contributed by atoms with Gasteiger partial charge in [0.2, 0.25) is 0 Å². The van der Waals surface area contributed by atoms with Crippen molar-refractivity contribution in [1.29, 1.82) is 0 Å². The van der Waals surface area contributed by atoms with Gasteiger partial charge in [0.05, 0.1) is 26.4 Å². The molecule has 0 heterocycles. The Bertz CT molecular complexity index is 1110. The number of hydrogen-bond acceptors (Lipinski definition) is 19. The zero-order valence-electron chi connectivity index (χ0n) is 39.5. The average Bonchev–Trinajstić information content (AvgIpc) is 3.15. The molecule has 376 valence electrons. The Kier molecular flexibility index (Phi) is 53.2. The molecule has 0 amide bonds. The van der Waals surface area contributed by atoms with Crippen molar-refractivity contribution in [2.75, 3.05) is 46.2 Å². The van der Waals surface area contributed by atoms with Crippen LogP contribution in [0.2, 0.25) is 0 Å². The molecule has 25 nitrogen and oxygen atoms in total. The molecule has 0 bridgehead atoms.